The quantitative estimate of drug-likeness (QED) is 0.788. The number of carbonyl (C=O) groups excluding carboxylic acids is 1. The van der Waals surface area contributed by atoms with Crippen LogP contribution < -0.4 is 4.74 Å². The molecule has 0 aliphatic rings. The fraction of sp³-hybridized carbons (Fsp3) is 0.231. The van der Waals surface area contributed by atoms with Crippen LogP contribution in [0.3, 0.4) is 0 Å². The fourth-order valence-electron chi connectivity index (χ4n) is 1.53. The second-order valence-corrected chi connectivity index (χ2v) is 5.55. The first-order valence-electron chi connectivity index (χ1n) is 5.47. The number of halogens is 1. The Kier molecular flexibility index (Phi) is 4.49. The minimum absolute atomic E-state index is 0.586. The first-order valence-corrected chi connectivity index (χ1v) is 7.14. The van der Waals surface area contributed by atoms with Crippen LogP contribution in [0.1, 0.15) is 20.9 Å². The van der Waals surface area contributed by atoms with E-state index in [9.17, 15) is 4.79 Å². The zero-order valence-electron chi connectivity index (χ0n) is 9.85. The predicted octanol–water partition coefficient (Wildman–Crippen LogP) is 3.65. The summed E-state index contributed by atoms with van der Waals surface area (Å²) < 4.78 is 6.41. The molecule has 0 bridgehead atoms. The summed E-state index contributed by atoms with van der Waals surface area (Å²) in [6, 6.07) is 5.39. The van der Waals surface area contributed by atoms with Crippen LogP contribution in [-0.4, -0.2) is 17.9 Å². The van der Waals surface area contributed by atoms with E-state index in [1.165, 1.54) is 4.88 Å². The SMILES string of the molecule is Cc1ncsc1CCOc1ccc(Br)c(C=O)c1. The molecule has 0 saturated carbocycles. The van der Waals surface area contributed by atoms with Gasteiger partial charge in [-0.25, -0.2) is 4.98 Å². The molecule has 0 fully saturated rings. The summed E-state index contributed by atoms with van der Waals surface area (Å²) in [5.41, 5.74) is 3.50. The van der Waals surface area contributed by atoms with Crippen molar-refractivity contribution in [2.45, 2.75) is 13.3 Å². The van der Waals surface area contributed by atoms with E-state index in [4.69, 9.17) is 4.74 Å². The normalized spacial score (nSPS) is 10.3. The molecule has 1 heterocycles. The topological polar surface area (TPSA) is 39.2 Å². The zero-order chi connectivity index (χ0) is 13.0. The number of hydrogen-bond acceptors (Lipinski definition) is 4. The molecular weight excluding hydrogens is 314 g/mol. The Morgan fingerprint density at radius 2 is 2.33 bits per heavy atom. The van der Waals surface area contributed by atoms with Crippen molar-refractivity contribution in [2.75, 3.05) is 6.61 Å². The lowest BCUT2D eigenvalue weighted by Gasteiger charge is -2.06. The molecule has 18 heavy (non-hydrogen) atoms. The third-order valence-corrected chi connectivity index (χ3v) is 4.25. The lowest BCUT2D eigenvalue weighted by Crippen LogP contribution is -2.01. The molecule has 0 N–H and O–H groups in total. The van der Waals surface area contributed by atoms with Crippen molar-refractivity contribution < 1.29 is 9.53 Å². The molecule has 3 nitrogen and oxygen atoms in total. The van der Waals surface area contributed by atoms with Gasteiger partial charge in [0.25, 0.3) is 0 Å². The third kappa shape index (κ3) is 3.17. The van der Waals surface area contributed by atoms with Crippen LogP contribution in [0, 0.1) is 6.92 Å². The van der Waals surface area contributed by atoms with Gasteiger partial charge in [0.15, 0.2) is 6.29 Å². The summed E-state index contributed by atoms with van der Waals surface area (Å²) in [7, 11) is 0. The summed E-state index contributed by atoms with van der Waals surface area (Å²) >= 11 is 4.95. The van der Waals surface area contributed by atoms with Crippen LogP contribution in [0.15, 0.2) is 28.2 Å². The molecule has 0 amide bonds. The largest absolute Gasteiger partial charge is 0.493 e. The lowest BCUT2D eigenvalue weighted by atomic mass is 10.2. The van der Waals surface area contributed by atoms with E-state index in [0.29, 0.717) is 17.9 Å². The number of aryl methyl sites for hydroxylation is 1. The number of thiazole rings is 1. The van der Waals surface area contributed by atoms with E-state index < -0.39 is 0 Å². The average Bonchev–Trinajstić information content (AvgIpc) is 2.77. The summed E-state index contributed by atoms with van der Waals surface area (Å²) in [5.74, 6) is 0.711. The van der Waals surface area contributed by atoms with Crippen LogP contribution in [0.2, 0.25) is 0 Å². The molecule has 94 valence electrons. The highest BCUT2D eigenvalue weighted by molar-refractivity contribution is 9.10. The smallest absolute Gasteiger partial charge is 0.151 e. The molecule has 0 saturated heterocycles. The Morgan fingerprint density at radius 1 is 1.50 bits per heavy atom. The summed E-state index contributed by atoms with van der Waals surface area (Å²) in [6.07, 6.45) is 1.65. The van der Waals surface area contributed by atoms with Crippen LogP contribution in [0.4, 0.5) is 0 Å². The van der Waals surface area contributed by atoms with Crippen LogP contribution in [0.5, 0.6) is 5.75 Å². The number of aromatic nitrogens is 1. The molecule has 0 atom stereocenters. The standard InChI is InChI=1S/C13H12BrNO2S/c1-9-13(18-8-15-9)4-5-17-11-2-3-12(14)10(6-11)7-16/h2-3,6-8H,4-5H2,1H3. The number of ether oxygens (including phenoxy) is 1. The van der Waals surface area contributed by atoms with Crippen molar-refractivity contribution in [1.29, 1.82) is 0 Å². The van der Waals surface area contributed by atoms with Crippen LogP contribution in [0.25, 0.3) is 0 Å². The van der Waals surface area contributed by atoms with Gasteiger partial charge in [0.1, 0.15) is 5.75 Å². The van der Waals surface area contributed by atoms with Crippen molar-refractivity contribution in [1.82, 2.24) is 4.98 Å². The van der Waals surface area contributed by atoms with Crippen molar-refractivity contribution >= 4 is 33.6 Å². The van der Waals surface area contributed by atoms with Gasteiger partial charge in [0, 0.05) is 21.3 Å². The second kappa shape index (κ2) is 6.11. The summed E-state index contributed by atoms with van der Waals surface area (Å²) in [6.45, 7) is 2.58. The minimum Gasteiger partial charge on any atom is -0.493 e. The van der Waals surface area contributed by atoms with E-state index in [1.54, 1.807) is 17.4 Å². The number of aldehydes is 1. The van der Waals surface area contributed by atoms with Crippen LogP contribution >= 0.6 is 27.3 Å². The molecule has 5 heteroatoms. The van der Waals surface area contributed by atoms with Gasteiger partial charge >= 0.3 is 0 Å². The maximum atomic E-state index is 10.8. The van der Waals surface area contributed by atoms with Gasteiger partial charge in [0.2, 0.25) is 0 Å². The first kappa shape index (κ1) is 13.2. The number of nitrogens with zero attached hydrogens (tertiary/aromatic N) is 1. The molecule has 0 spiro atoms. The number of benzene rings is 1. The minimum atomic E-state index is 0.586. The highest BCUT2D eigenvalue weighted by Gasteiger charge is 2.04. The van der Waals surface area contributed by atoms with E-state index >= 15 is 0 Å². The number of hydrogen-bond donors (Lipinski definition) is 0. The van der Waals surface area contributed by atoms with Gasteiger partial charge < -0.3 is 4.74 Å². The van der Waals surface area contributed by atoms with Gasteiger partial charge in [-0.15, -0.1) is 11.3 Å². The number of rotatable bonds is 5. The second-order valence-electron chi connectivity index (χ2n) is 3.76. The van der Waals surface area contributed by atoms with E-state index in [2.05, 4.69) is 20.9 Å². The van der Waals surface area contributed by atoms with Gasteiger partial charge in [-0.05, 0) is 25.1 Å². The predicted molar refractivity (Wildman–Crippen MR) is 75.6 cm³/mol. The summed E-state index contributed by atoms with van der Waals surface area (Å²) in [4.78, 5) is 16.2. The van der Waals surface area contributed by atoms with E-state index in [1.807, 2.05) is 24.6 Å². The third-order valence-electron chi connectivity index (χ3n) is 2.54. The highest BCUT2D eigenvalue weighted by Crippen LogP contribution is 2.21. The maximum Gasteiger partial charge on any atom is 0.151 e. The lowest BCUT2D eigenvalue weighted by molar-refractivity contribution is 0.112. The van der Waals surface area contributed by atoms with E-state index in [-0.39, 0.29) is 0 Å². The molecule has 1 aromatic carbocycles. The zero-order valence-corrected chi connectivity index (χ0v) is 12.3. The number of carbonyl (C=O) groups is 1. The molecule has 2 rings (SSSR count). The maximum absolute atomic E-state index is 10.8. The van der Waals surface area contributed by atoms with Gasteiger partial charge in [-0.2, -0.15) is 0 Å². The molecule has 0 radical (unpaired) electrons. The molecule has 0 aliphatic heterocycles. The highest BCUT2D eigenvalue weighted by atomic mass is 79.9. The van der Waals surface area contributed by atoms with Gasteiger partial charge in [-0.3, -0.25) is 4.79 Å². The van der Waals surface area contributed by atoms with Crippen LogP contribution in [-0.2, 0) is 6.42 Å². The van der Waals surface area contributed by atoms with E-state index in [0.717, 1.165) is 22.9 Å². The van der Waals surface area contributed by atoms with Gasteiger partial charge in [0.05, 0.1) is 17.8 Å². The Balaban J connectivity index is 1.94. The Labute approximate surface area is 118 Å². The Hall–Kier alpha value is -1.20. The van der Waals surface area contributed by atoms with Crippen molar-refractivity contribution in [3.63, 3.8) is 0 Å². The van der Waals surface area contributed by atoms with Crippen molar-refractivity contribution in [3.8, 4) is 5.75 Å². The molecule has 0 aliphatic carbocycles. The van der Waals surface area contributed by atoms with Crippen molar-refractivity contribution in [3.05, 3.63) is 44.3 Å². The fourth-order valence-corrected chi connectivity index (χ4v) is 2.63. The summed E-state index contributed by atoms with van der Waals surface area (Å²) in [5, 5.41) is 0. The Morgan fingerprint density at radius 3 is 3.00 bits per heavy atom. The molecule has 0 unspecified atom stereocenters. The van der Waals surface area contributed by atoms with Crippen molar-refractivity contribution in [2.24, 2.45) is 0 Å². The average molecular weight is 326 g/mol. The molecular formula is C13H12BrNO2S. The monoisotopic (exact) mass is 325 g/mol. The first-order chi connectivity index (χ1) is 8.70. The molecule has 2 aromatic rings. The molecule has 1 aromatic heterocycles. The Bertz CT molecular complexity index is 554. The van der Waals surface area contributed by atoms with Gasteiger partial charge in [-0.1, -0.05) is 15.9 Å².